The number of aromatic nitrogens is 1. The third-order valence-electron chi connectivity index (χ3n) is 4.99. The molecule has 1 aromatic carbocycles. The first kappa shape index (κ1) is 23.6. The van der Waals surface area contributed by atoms with Gasteiger partial charge in [-0.2, -0.15) is 0 Å². The molecule has 0 unspecified atom stereocenters. The van der Waals surface area contributed by atoms with Crippen LogP contribution in [-0.4, -0.2) is 34.8 Å². The highest BCUT2D eigenvalue weighted by molar-refractivity contribution is 5.94. The SMILES string of the molecule is CCc1ccc(C(=O)N(CCC(C)C)Cc2nc(C(=O)NCCC(C)C)co2)cc1. The molecule has 0 aliphatic carbocycles. The lowest BCUT2D eigenvalue weighted by molar-refractivity contribution is 0.0720. The van der Waals surface area contributed by atoms with Gasteiger partial charge in [0, 0.05) is 18.7 Å². The number of hydrogen-bond donors (Lipinski definition) is 1. The lowest BCUT2D eigenvalue weighted by atomic mass is 10.1. The molecule has 0 radical (unpaired) electrons. The summed E-state index contributed by atoms with van der Waals surface area (Å²) < 4.78 is 5.51. The minimum Gasteiger partial charge on any atom is -0.446 e. The van der Waals surface area contributed by atoms with E-state index in [2.05, 4.69) is 44.9 Å². The number of hydrogen-bond acceptors (Lipinski definition) is 4. The van der Waals surface area contributed by atoms with Crippen LogP contribution < -0.4 is 5.32 Å². The molecule has 1 N–H and O–H groups in total. The van der Waals surface area contributed by atoms with Crippen molar-refractivity contribution in [3.05, 3.63) is 53.2 Å². The largest absolute Gasteiger partial charge is 0.446 e. The van der Waals surface area contributed by atoms with Crippen molar-refractivity contribution in [2.75, 3.05) is 13.1 Å². The van der Waals surface area contributed by atoms with E-state index in [4.69, 9.17) is 4.42 Å². The highest BCUT2D eigenvalue weighted by Crippen LogP contribution is 2.14. The minimum atomic E-state index is -0.249. The molecule has 2 amide bonds. The van der Waals surface area contributed by atoms with Crippen LogP contribution in [0.2, 0.25) is 0 Å². The monoisotopic (exact) mass is 413 g/mol. The Morgan fingerprint density at radius 3 is 2.33 bits per heavy atom. The van der Waals surface area contributed by atoms with Crippen LogP contribution in [0.1, 0.15) is 79.8 Å². The van der Waals surface area contributed by atoms with E-state index >= 15 is 0 Å². The van der Waals surface area contributed by atoms with Gasteiger partial charge in [-0.3, -0.25) is 9.59 Å². The van der Waals surface area contributed by atoms with Crippen LogP contribution in [0.3, 0.4) is 0 Å². The molecule has 0 saturated carbocycles. The van der Waals surface area contributed by atoms with Crippen LogP contribution >= 0.6 is 0 Å². The van der Waals surface area contributed by atoms with Crippen molar-refractivity contribution in [2.45, 2.75) is 60.4 Å². The van der Waals surface area contributed by atoms with E-state index in [0.29, 0.717) is 36.4 Å². The molecule has 0 aliphatic heterocycles. The smallest absolute Gasteiger partial charge is 0.273 e. The zero-order chi connectivity index (χ0) is 22.1. The van der Waals surface area contributed by atoms with Gasteiger partial charge in [0.25, 0.3) is 11.8 Å². The number of nitrogens with one attached hydrogen (secondary N) is 1. The molecule has 6 nitrogen and oxygen atoms in total. The number of benzene rings is 1. The maximum Gasteiger partial charge on any atom is 0.273 e. The zero-order valence-electron chi connectivity index (χ0n) is 18.9. The normalized spacial score (nSPS) is 11.2. The van der Waals surface area contributed by atoms with Gasteiger partial charge < -0.3 is 14.6 Å². The molecule has 164 valence electrons. The fourth-order valence-electron chi connectivity index (χ4n) is 2.95. The van der Waals surface area contributed by atoms with Crippen molar-refractivity contribution in [1.29, 1.82) is 0 Å². The number of oxazole rings is 1. The summed E-state index contributed by atoms with van der Waals surface area (Å²) in [5.41, 5.74) is 2.09. The van der Waals surface area contributed by atoms with Gasteiger partial charge in [0.1, 0.15) is 6.26 Å². The highest BCUT2D eigenvalue weighted by Gasteiger charge is 2.20. The average molecular weight is 414 g/mol. The first-order valence-corrected chi connectivity index (χ1v) is 10.9. The second-order valence-electron chi connectivity index (χ2n) is 8.52. The Kier molecular flexibility index (Phi) is 9.09. The van der Waals surface area contributed by atoms with Gasteiger partial charge in [-0.1, -0.05) is 46.8 Å². The summed E-state index contributed by atoms with van der Waals surface area (Å²) in [6.45, 7) is 12.0. The second-order valence-corrected chi connectivity index (χ2v) is 8.52. The summed E-state index contributed by atoms with van der Waals surface area (Å²) in [6, 6.07) is 7.70. The van der Waals surface area contributed by atoms with Gasteiger partial charge in [-0.25, -0.2) is 4.98 Å². The van der Waals surface area contributed by atoms with Gasteiger partial charge >= 0.3 is 0 Å². The number of carbonyl (C=O) groups is 2. The standard InChI is InChI=1S/C24H35N3O3/c1-6-19-7-9-20(10-8-19)24(29)27(14-12-18(4)5)15-22-26-21(16-30-22)23(28)25-13-11-17(2)3/h7-10,16-18H,6,11-15H2,1-5H3,(H,25,28). The van der Waals surface area contributed by atoms with Gasteiger partial charge in [-0.05, 0) is 48.8 Å². The lowest BCUT2D eigenvalue weighted by Crippen LogP contribution is -2.32. The van der Waals surface area contributed by atoms with E-state index in [-0.39, 0.29) is 24.1 Å². The lowest BCUT2D eigenvalue weighted by Gasteiger charge is -2.22. The molecule has 1 heterocycles. The van der Waals surface area contributed by atoms with Crippen LogP contribution in [0.25, 0.3) is 0 Å². The number of nitrogens with zero attached hydrogens (tertiary/aromatic N) is 2. The third kappa shape index (κ3) is 7.32. The van der Waals surface area contributed by atoms with E-state index in [1.165, 1.54) is 11.8 Å². The molecular formula is C24H35N3O3. The molecule has 0 saturated heterocycles. The number of rotatable bonds is 11. The molecule has 30 heavy (non-hydrogen) atoms. The highest BCUT2D eigenvalue weighted by atomic mass is 16.3. The van der Waals surface area contributed by atoms with Gasteiger partial charge in [0.15, 0.2) is 5.69 Å². The number of aryl methyl sites for hydroxylation is 1. The van der Waals surface area contributed by atoms with Crippen molar-refractivity contribution in [3.63, 3.8) is 0 Å². The Morgan fingerprint density at radius 2 is 1.73 bits per heavy atom. The summed E-state index contributed by atoms with van der Waals surface area (Å²) in [5.74, 6) is 1.05. The van der Waals surface area contributed by atoms with Crippen LogP contribution in [-0.2, 0) is 13.0 Å². The predicted molar refractivity (Wildman–Crippen MR) is 118 cm³/mol. The topological polar surface area (TPSA) is 75.4 Å². The minimum absolute atomic E-state index is 0.0561. The van der Waals surface area contributed by atoms with Gasteiger partial charge in [0.05, 0.1) is 6.54 Å². The summed E-state index contributed by atoms with van der Waals surface area (Å²) in [7, 11) is 0. The Labute approximate surface area is 180 Å². The molecule has 0 spiro atoms. The van der Waals surface area contributed by atoms with E-state index in [1.807, 2.05) is 24.3 Å². The van der Waals surface area contributed by atoms with Crippen molar-refractivity contribution >= 4 is 11.8 Å². The fourth-order valence-corrected chi connectivity index (χ4v) is 2.95. The van der Waals surface area contributed by atoms with Crippen LogP contribution in [0.15, 0.2) is 34.9 Å². The fraction of sp³-hybridized carbons (Fsp3) is 0.542. The van der Waals surface area contributed by atoms with E-state index in [0.717, 1.165) is 19.3 Å². The quantitative estimate of drug-likeness (QED) is 0.579. The molecule has 0 fully saturated rings. The van der Waals surface area contributed by atoms with Crippen LogP contribution in [0.5, 0.6) is 0 Å². The van der Waals surface area contributed by atoms with Crippen LogP contribution in [0.4, 0.5) is 0 Å². The van der Waals surface area contributed by atoms with E-state index < -0.39 is 0 Å². The van der Waals surface area contributed by atoms with Crippen molar-refractivity contribution < 1.29 is 14.0 Å². The summed E-state index contributed by atoms with van der Waals surface area (Å²) in [5, 5.41) is 2.85. The van der Waals surface area contributed by atoms with Crippen molar-refractivity contribution in [1.82, 2.24) is 15.2 Å². The van der Waals surface area contributed by atoms with E-state index in [1.54, 1.807) is 4.90 Å². The molecule has 1 aromatic heterocycles. The molecule has 0 bridgehead atoms. The summed E-state index contributed by atoms with van der Waals surface area (Å²) in [4.78, 5) is 31.4. The maximum absolute atomic E-state index is 13.1. The number of carbonyl (C=O) groups excluding carboxylic acids is 2. The van der Waals surface area contributed by atoms with Gasteiger partial charge in [0.2, 0.25) is 5.89 Å². The second kappa shape index (κ2) is 11.5. The van der Waals surface area contributed by atoms with E-state index in [9.17, 15) is 9.59 Å². The Bertz CT molecular complexity index is 809. The molecule has 0 aliphatic rings. The average Bonchev–Trinajstić information content (AvgIpc) is 3.19. The predicted octanol–water partition coefficient (Wildman–Crippen LogP) is 4.70. The van der Waals surface area contributed by atoms with Gasteiger partial charge in [-0.15, -0.1) is 0 Å². The summed E-state index contributed by atoms with van der Waals surface area (Å²) >= 11 is 0. The molecule has 2 rings (SSSR count). The Balaban J connectivity index is 2.07. The zero-order valence-corrected chi connectivity index (χ0v) is 18.9. The van der Waals surface area contributed by atoms with Crippen LogP contribution in [0, 0.1) is 11.8 Å². The first-order chi connectivity index (χ1) is 14.3. The summed E-state index contributed by atoms with van der Waals surface area (Å²) in [6.07, 6.45) is 4.08. The molecule has 6 heteroatoms. The first-order valence-electron chi connectivity index (χ1n) is 10.9. The molecule has 0 atom stereocenters. The third-order valence-corrected chi connectivity index (χ3v) is 4.99. The molecule has 2 aromatic rings. The van der Waals surface area contributed by atoms with Crippen molar-refractivity contribution in [2.24, 2.45) is 11.8 Å². The molecular weight excluding hydrogens is 378 g/mol. The Hall–Kier alpha value is -2.63. The Morgan fingerprint density at radius 1 is 1.07 bits per heavy atom. The number of amides is 2. The maximum atomic E-state index is 13.1. The van der Waals surface area contributed by atoms with Crippen molar-refractivity contribution in [3.8, 4) is 0 Å².